The summed E-state index contributed by atoms with van der Waals surface area (Å²) in [4.78, 5) is 0. The summed E-state index contributed by atoms with van der Waals surface area (Å²) < 4.78 is 7.83. The van der Waals surface area contributed by atoms with E-state index in [2.05, 4.69) is 12.0 Å². The molecule has 2 heterocycles. The van der Waals surface area contributed by atoms with Crippen molar-refractivity contribution < 1.29 is 4.74 Å². The van der Waals surface area contributed by atoms with E-state index in [1.165, 1.54) is 5.69 Å². The molecule has 1 aromatic heterocycles. The monoisotopic (exact) mass is 209 g/mol. The van der Waals surface area contributed by atoms with Crippen molar-refractivity contribution in [1.29, 1.82) is 0 Å². The van der Waals surface area contributed by atoms with Crippen LogP contribution in [0.3, 0.4) is 0 Å². The summed E-state index contributed by atoms with van der Waals surface area (Å²) in [5.74, 6) is 0.445. The molecule has 4 nitrogen and oxygen atoms in total. The van der Waals surface area contributed by atoms with Gasteiger partial charge in [0.25, 0.3) is 0 Å². The summed E-state index contributed by atoms with van der Waals surface area (Å²) in [7, 11) is 0. The van der Waals surface area contributed by atoms with Gasteiger partial charge in [0.15, 0.2) is 0 Å². The molecule has 0 unspecified atom stereocenters. The van der Waals surface area contributed by atoms with E-state index in [9.17, 15) is 0 Å². The average Bonchev–Trinajstić information content (AvgIpc) is 2.76. The summed E-state index contributed by atoms with van der Waals surface area (Å²) in [6, 6.07) is 2.04. The fraction of sp³-hybridized carbons (Fsp3) is 0.727. The molecule has 0 aromatic carbocycles. The van der Waals surface area contributed by atoms with E-state index >= 15 is 0 Å². The van der Waals surface area contributed by atoms with Crippen LogP contribution in [0.15, 0.2) is 12.3 Å². The lowest BCUT2D eigenvalue weighted by Gasteiger charge is -2.31. The third kappa shape index (κ3) is 2.06. The van der Waals surface area contributed by atoms with Gasteiger partial charge >= 0.3 is 0 Å². The van der Waals surface area contributed by atoms with Gasteiger partial charge in [-0.3, -0.25) is 4.68 Å². The van der Waals surface area contributed by atoms with E-state index < -0.39 is 0 Å². The van der Waals surface area contributed by atoms with Crippen LogP contribution in [0.5, 0.6) is 0 Å². The zero-order valence-electron chi connectivity index (χ0n) is 9.22. The Morgan fingerprint density at radius 3 is 3.27 bits per heavy atom. The van der Waals surface area contributed by atoms with Gasteiger partial charge in [-0.15, -0.1) is 0 Å². The molecule has 1 saturated heterocycles. The fourth-order valence-corrected chi connectivity index (χ4v) is 2.26. The molecule has 1 aliphatic heterocycles. The summed E-state index contributed by atoms with van der Waals surface area (Å²) in [5, 5.41) is 4.27. The van der Waals surface area contributed by atoms with Gasteiger partial charge in [0.05, 0.1) is 5.69 Å². The molecular weight excluding hydrogens is 190 g/mol. The number of aromatic nitrogens is 2. The first-order chi connectivity index (χ1) is 7.36. The SMILES string of the molecule is CCn1nccc1[C@H]1OCCC[C@H]1CN. The van der Waals surface area contributed by atoms with E-state index in [1.54, 1.807) is 0 Å². The van der Waals surface area contributed by atoms with E-state index in [0.717, 1.165) is 26.0 Å². The van der Waals surface area contributed by atoms with Crippen LogP contribution in [0, 0.1) is 5.92 Å². The minimum atomic E-state index is 0.145. The predicted octanol–water partition coefficient (Wildman–Crippen LogP) is 1.33. The van der Waals surface area contributed by atoms with Crippen molar-refractivity contribution in [3.05, 3.63) is 18.0 Å². The van der Waals surface area contributed by atoms with Gasteiger partial charge in [-0.25, -0.2) is 0 Å². The van der Waals surface area contributed by atoms with Crippen LogP contribution in [0.1, 0.15) is 31.6 Å². The van der Waals surface area contributed by atoms with Crippen LogP contribution in [-0.2, 0) is 11.3 Å². The largest absolute Gasteiger partial charge is 0.372 e. The van der Waals surface area contributed by atoms with Crippen molar-refractivity contribution >= 4 is 0 Å². The Morgan fingerprint density at radius 1 is 1.67 bits per heavy atom. The van der Waals surface area contributed by atoms with Crippen LogP contribution in [0.4, 0.5) is 0 Å². The Balaban J connectivity index is 2.20. The summed E-state index contributed by atoms with van der Waals surface area (Å²) in [5.41, 5.74) is 6.96. The Hall–Kier alpha value is -0.870. The van der Waals surface area contributed by atoms with E-state index in [4.69, 9.17) is 10.5 Å². The summed E-state index contributed by atoms with van der Waals surface area (Å²) in [6.07, 6.45) is 4.27. The van der Waals surface area contributed by atoms with Crippen LogP contribution in [0.2, 0.25) is 0 Å². The topological polar surface area (TPSA) is 53.1 Å². The number of rotatable bonds is 3. The second-order valence-electron chi connectivity index (χ2n) is 4.00. The minimum Gasteiger partial charge on any atom is -0.372 e. The van der Waals surface area contributed by atoms with Crippen molar-refractivity contribution in [2.75, 3.05) is 13.2 Å². The molecule has 0 bridgehead atoms. The molecular formula is C11H19N3O. The maximum absolute atomic E-state index is 5.83. The predicted molar refractivity (Wildman–Crippen MR) is 58.4 cm³/mol. The Bertz CT molecular complexity index is 311. The molecule has 1 aliphatic rings. The number of ether oxygens (including phenoxy) is 1. The zero-order chi connectivity index (χ0) is 10.7. The highest BCUT2D eigenvalue weighted by Crippen LogP contribution is 2.32. The standard InChI is InChI=1S/C11H19N3O/c1-2-14-10(5-6-13-14)11-9(8-12)4-3-7-15-11/h5-6,9,11H,2-4,7-8,12H2,1H3/t9-,11-/m0/s1. The maximum Gasteiger partial charge on any atom is 0.103 e. The lowest BCUT2D eigenvalue weighted by Crippen LogP contribution is -2.30. The van der Waals surface area contributed by atoms with E-state index in [-0.39, 0.29) is 6.10 Å². The Kier molecular flexibility index (Phi) is 3.38. The van der Waals surface area contributed by atoms with Gasteiger partial charge in [-0.1, -0.05) is 0 Å². The minimum absolute atomic E-state index is 0.145. The molecule has 0 radical (unpaired) electrons. The van der Waals surface area contributed by atoms with E-state index in [0.29, 0.717) is 12.5 Å². The number of nitrogens with two attached hydrogens (primary N) is 1. The smallest absolute Gasteiger partial charge is 0.103 e. The molecule has 1 aromatic rings. The lowest BCUT2D eigenvalue weighted by atomic mass is 9.92. The molecule has 15 heavy (non-hydrogen) atoms. The van der Waals surface area contributed by atoms with Crippen LogP contribution in [-0.4, -0.2) is 22.9 Å². The molecule has 84 valence electrons. The molecule has 2 rings (SSSR count). The zero-order valence-corrected chi connectivity index (χ0v) is 9.22. The van der Waals surface area contributed by atoms with Crippen molar-refractivity contribution in [3.63, 3.8) is 0 Å². The molecule has 1 fully saturated rings. The molecule has 4 heteroatoms. The second-order valence-corrected chi connectivity index (χ2v) is 4.00. The molecule has 0 amide bonds. The normalized spacial score (nSPS) is 26.8. The Morgan fingerprint density at radius 2 is 2.53 bits per heavy atom. The van der Waals surface area contributed by atoms with Gasteiger partial charge < -0.3 is 10.5 Å². The fourth-order valence-electron chi connectivity index (χ4n) is 2.26. The summed E-state index contributed by atoms with van der Waals surface area (Å²) >= 11 is 0. The first-order valence-corrected chi connectivity index (χ1v) is 5.70. The van der Waals surface area contributed by atoms with Crippen molar-refractivity contribution in [2.45, 2.75) is 32.4 Å². The maximum atomic E-state index is 5.83. The lowest BCUT2D eigenvalue weighted by molar-refractivity contribution is -0.0301. The Labute approximate surface area is 90.4 Å². The third-order valence-corrected chi connectivity index (χ3v) is 3.09. The van der Waals surface area contributed by atoms with Gasteiger partial charge in [0.1, 0.15) is 6.10 Å². The molecule has 0 aliphatic carbocycles. The van der Waals surface area contributed by atoms with Crippen LogP contribution in [0.25, 0.3) is 0 Å². The average molecular weight is 209 g/mol. The molecule has 0 spiro atoms. The number of hydrogen-bond donors (Lipinski definition) is 1. The highest BCUT2D eigenvalue weighted by atomic mass is 16.5. The first kappa shape index (κ1) is 10.6. The van der Waals surface area contributed by atoms with Crippen molar-refractivity contribution in [1.82, 2.24) is 9.78 Å². The van der Waals surface area contributed by atoms with Gasteiger partial charge in [0.2, 0.25) is 0 Å². The first-order valence-electron chi connectivity index (χ1n) is 5.70. The van der Waals surface area contributed by atoms with Crippen LogP contribution < -0.4 is 5.73 Å². The molecule has 0 saturated carbocycles. The van der Waals surface area contributed by atoms with E-state index in [1.807, 2.05) is 16.9 Å². The number of nitrogens with zero attached hydrogens (tertiary/aromatic N) is 2. The molecule has 2 N–H and O–H groups in total. The van der Waals surface area contributed by atoms with Crippen LogP contribution >= 0.6 is 0 Å². The summed E-state index contributed by atoms with van der Waals surface area (Å²) in [6.45, 7) is 4.52. The van der Waals surface area contributed by atoms with Gasteiger partial charge in [-0.05, 0) is 32.4 Å². The van der Waals surface area contributed by atoms with Crippen molar-refractivity contribution in [3.8, 4) is 0 Å². The number of aryl methyl sites for hydroxylation is 1. The van der Waals surface area contributed by atoms with Gasteiger partial charge in [0, 0.05) is 25.3 Å². The third-order valence-electron chi connectivity index (χ3n) is 3.09. The van der Waals surface area contributed by atoms with Gasteiger partial charge in [-0.2, -0.15) is 5.10 Å². The highest BCUT2D eigenvalue weighted by molar-refractivity contribution is 5.07. The number of hydrogen-bond acceptors (Lipinski definition) is 3. The molecule has 2 atom stereocenters. The van der Waals surface area contributed by atoms with Crippen molar-refractivity contribution in [2.24, 2.45) is 11.7 Å². The second kappa shape index (κ2) is 4.77. The quantitative estimate of drug-likeness (QED) is 0.817. The highest BCUT2D eigenvalue weighted by Gasteiger charge is 2.28.